The molecule has 0 radical (unpaired) electrons. The maximum Gasteiger partial charge on any atom is 0.295 e. The Balaban J connectivity index is 1.65. The lowest BCUT2D eigenvalue weighted by Gasteiger charge is -2.31. The minimum atomic E-state index is -0.621. The molecule has 1 N–H and O–H groups in total. The second-order valence-corrected chi connectivity index (χ2v) is 6.51. The van der Waals surface area contributed by atoms with Crippen molar-refractivity contribution < 1.29 is 14.1 Å². The zero-order valence-corrected chi connectivity index (χ0v) is 14.7. The molecule has 0 aromatic heterocycles. The molecule has 26 heavy (non-hydrogen) atoms. The number of halogens is 1. The molecule has 0 aliphatic carbocycles. The first kappa shape index (κ1) is 18.3. The van der Waals surface area contributed by atoms with Crippen LogP contribution >= 0.6 is 0 Å². The molecule has 6 nitrogen and oxygen atoms in total. The SMILES string of the molecule is CC1CN(Cc2cccc(CNc3ccc(F)cc3[N+](=O)[O-])c2)CCO1. The van der Waals surface area contributed by atoms with E-state index < -0.39 is 10.7 Å². The minimum absolute atomic E-state index is 0.243. The summed E-state index contributed by atoms with van der Waals surface area (Å²) in [6.45, 7) is 5.91. The van der Waals surface area contributed by atoms with Gasteiger partial charge >= 0.3 is 0 Å². The number of benzene rings is 2. The third-order valence-corrected chi connectivity index (χ3v) is 4.36. The van der Waals surface area contributed by atoms with E-state index in [9.17, 15) is 14.5 Å². The highest BCUT2D eigenvalue weighted by Crippen LogP contribution is 2.25. The van der Waals surface area contributed by atoms with Gasteiger partial charge in [-0.1, -0.05) is 24.3 Å². The van der Waals surface area contributed by atoms with E-state index in [0.717, 1.165) is 37.9 Å². The van der Waals surface area contributed by atoms with Crippen molar-refractivity contribution in [2.24, 2.45) is 0 Å². The van der Waals surface area contributed by atoms with Gasteiger partial charge in [0.25, 0.3) is 5.69 Å². The molecule has 1 saturated heterocycles. The lowest BCUT2D eigenvalue weighted by molar-refractivity contribution is -0.384. The van der Waals surface area contributed by atoms with Crippen LogP contribution in [0.5, 0.6) is 0 Å². The van der Waals surface area contributed by atoms with E-state index in [1.807, 2.05) is 12.1 Å². The van der Waals surface area contributed by atoms with Crippen LogP contribution in [0.25, 0.3) is 0 Å². The van der Waals surface area contributed by atoms with Gasteiger partial charge in [0.1, 0.15) is 11.5 Å². The Morgan fingerprint density at radius 1 is 1.31 bits per heavy atom. The largest absolute Gasteiger partial charge is 0.376 e. The average molecular weight is 359 g/mol. The van der Waals surface area contributed by atoms with Gasteiger partial charge in [-0.25, -0.2) is 4.39 Å². The van der Waals surface area contributed by atoms with Gasteiger partial charge in [-0.2, -0.15) is 0 Å². The van der Waals surface area contributed by atoms with Gasteiger partial charge < -0.3 is 10.1 Å². The van der Waals surface area contributed by atoms with E-state index in [1.165, 1.54) is 17.7 Å². The lowest BCUT2D eigenvalue weighted by Crippen LogP contribution is -2.40. The van der Waals surface area contributed by atoms with Crippen molar-refractivity contribution in [3.63, 3.8) is 0 Å². The molecule has 0 bridgehead atoms. The normalized spacial score (nSPS) is 17.8. The van der Waals surface area contributed by atoms with Crippen LogP contribution in [0, 0.1) is 15.9 Å². The standard InChI is InChI=1S/C19H22FN3O3/c1-14-12-22(7-8-26-14)13-16-4-2-3-15(9-16)11-21-18-6-5-17(20)10-19(18)23(24)25/h2-6,9-10,14,21H,7-8,11-13H2,1H3. The van der Waals surface area contributed by atoms with Crippen LogP contribution in [0.4, 0.5) is 15.8 Å². The third kappa shape index (κ3) is 4.77. The third-order valence-electron chi connectivity index (χ3n) is 4.36. The number of rotatable bonds is 6. The fourth-order valence-electron chi connectivity index (χ4n) is 3.13. The van der Waals surface area contributed by atoms with Crippen molar-refractivity contribution >= 4 is 11.4 Å². The number of nitrogens with one attached hydrogen (secondary N) is 1. The van der Waals surface area contributed by atoms with Crippen LogP contribution in [-0.2, 0) is 17.8 Å². The van der Waals surface area contributed by atoms with Gasteiger partial charge in [-0.15, -0.1) is 0 Å². The number of anilines is 1. The van der Waals surface area contributed by atoms with Crippen molar-refractivity contribution in [3.8, 4) is 0 Å². The molecule has 2 aromatic carbocycles. The maximum absolute atomic E-state index is 13.2. The molecule has 0 saturated carbocycles. The summed E-state index contributed by atoms with van der Waals surface area (Å²) in [6, 6.07) is 11.6. The highest BCUT2D eigenvalue weighted by molar-refractivity contribution is 5.61. The predicted octanol–water partition coefficient (Wildman–Crippen LogP) is 3.57. The van der Waals surface area contributed by atoms with Crippen LogP contribution in [-0.4, -0.2) is 35.6 Å². The molecular weight excluding hydrogens is 337 g/mol. The first-order valence-electron chi connectivity index (χ1n) is 8.61. The highest BCUT2D eigenvalue weighted by Gasteiger charge is 2.17. The summed E-state index contributed by atoms with van der Waals surface area (Å²) < 4.78 is 18.8. The predicted molar refractivity (Wildman–Crippen MR) is 97.5 cm³/mol. The van der Waals surface area contributed by atoms with Crippen LogP contribution < -0.4 is 5.32 Å². The first-order chi connectivity index (χ1) is 12.5. The van der Waals surface area contributed by atoms with Gasteiger partial charge in [-0.3, -0.25) is 15.0 Å². The monoisotopic (exact) mass is 359 g/mol. The second kappa shape index (κ2) is 8.25. The van der Waals surface area contributed by atoms with E-state index in [4.69, 9.17) is 4.74 Å². The Morgan fingerprint density at radius 3 is 2.88 bits per heavy atom. The Hall–Kier alpha value is -2.51. The van der Waals surface area contributed by atoms with Gasteiger partial charge in [0, 0.05) is 26.2 Å². The zero-order valence-electron chi connectivity index (χ0n) is 14.7. The van der Waals surface area contributed by atoms with Crippen molar-refractivity contribution in [1.82, 2.24) is 4.90 Å². The van der Waals surface area contributed by atoms with Gasteiger partial charge in [0.05, 0.1) is 23.7 Å². The Bertz CT molecular complexity index is 784. The molecule has 1 fully saturated rings. The van der Waals surface area contributed by atoms with Crippen LogP contribution in [0.15, 0.2) is 42.5 Å². The van der Waals surface area contributed by atoms with Crippen LogP contribution in [0.2, 0.25) is 0 Å². The highest BCUT2D eigenvalue weighted by atomic mass is 19.1. The minimum Gasteiger partial charge on any atom is -0.376 e. The molecule has 1 aliphatic rings. The molecule has 2 aromatic rings. The molecule has 7 heteroatoms. The summed E-state index contributed by atoms with van der Waals surface area (Å²) in [5.74, 6) is -0.621. The number of nitrogens with zero attached hydrogens (tertiary/aromatic N) is 2. The van der Waals surface area contributed by atoms with Crippen LogP contribution in [0.3, 0.4) is 0 Å². The van der Waals surface area contributed by atoms with Gasteiger partial charge in [0.2, 0.25) is 0 Å². The van der Waals surface area contributed by atoms with Crippen molar-refractivity contribution in [3.05, 3.63) is 69.5 Å². The van der Waals surface area contributed by atoms with E-state index >= 15 is 0 Å². The quantitative estimate of drug-likeness (QED) is 0.631. The van der Waals surface area contributed by atoms with Crippen molar-refractivity contribution in [1.29, 1.82) is 0 Å². The lowest BCUT2D eigenvalue weighted by atomic mass is 10.1. The molecule has 3 rings (SSSR count). The molecule has 1 atom stereocenters. The van der Waals surface area contributed by atoms with Crippen LogP contribution in [0.1, 0.15) is 18.1 Å². The first-order valence-corrected chi connectivity index (χ1v) is 8.61. The summed E-state index contributed by atoms with van der Waals surface area (Å²) in [4.78, 5) is 12.8. The Morgan fingerprint density at radius 2 is 2.12 bits per heavy atom. The number of hydrogen-bond donors (Lipinski definition) is 1. The summed E-state index contributed by atoms with van der Waals surface area (Å²) in [6.07, 6.45) is 0.243. The van der Waals surface area contributed by atoms with E-state index in [1.54, 1.807) is 0 Å². The van der Waals surface area contributed by atoms with E-state index in [-0.39, 0.29) is 11.8 Å². The topological polar surface area (TPSA) is 67.6 Å². The molecule has 1 aliphatic heterocycles. The Kier molecular flexibility index (Phi) is 5.80. The maximum atomic E-state index is 13.2. The molecular formula is C19H22FN3O3. The van der Waals surface area contributed by atoms with Crippen molar-refractivity contribution in [2.45, 2.75) is 26.1 Å². The average Bonchev–Trinajstić information content (AvgIpc) is 2.61. The number of ether oxygens (including phenoxy) is 1. The molecule has 138 valence electrons. The number of nitro groups is 1. The van der Waals surface area contributed by atoms with E-state index in [0.29, 0.717) is 12.2 Å². The fourth-order valence-corrected chi connectivity index (χ4v) is 3.13. The smallest absolute Gasteiger partial charge is 0.295 e. The summed E-state index contributed by atoms with van der Waals surface area (Å²) in [5.41, 5.74) is 2.25. The molecule has 1 unspecified atom stereocenters. The molecule has 1 heterocycles. The summed E-state index contributed by atoms with van der Waals surface area (Å²) in [7, 11) is 0. The summed E-state index contributed by atoms with van der Waals surface area (Å²) in [5, 5.41) is 14.1. The molecule has 0 spiro atoms. The Labute approximate surface area is 151 Å². The number of hydrogen-bond acceptors (Lipinski definition) is 5. The molecule has 0 amide bonds. The zero-order chi connectivity index (χ0) is 18.5. The summed E-state index contributed by atoms with van der Waals surface area (Å²) >= 11 is 0. The number of nitro benzene ring substituents is 1. The van der Waals surface area contributed by atoms with Gasteiger partial charge in [-0.05, 0) is 30.2 Å². The van der Waals surface area contributed by atoms with Crippen molar-refractivity contribution in [2.75, 3.05) is 25.0 Å². The fraction of sp³-hybridized carbons (Fsp3) is 0.368. The number of morpholine rings is 1. The van der Waals surface area contributed by atoms with E-state index in [2.05, 4.69) is 29.3 Å². The second-order valence-electron chi connectivity index (χ2n) is 6.51. The van der Waals surface area contributed by atoms with Gasteiger partial charge in [0.15, 0.2) is 0 Å².